The number of oxazole rings is 1. The van der Waals surface area contributed by atoms with Gasteiger partial charge in [0.2, 0.25) is 5.89 Å². The number of hydrogen-bond donors (Lipinski definition) is 1. The van der Waals surface area contributed by atoms with E-state index < -0.39 is 25.4 Å². The molecule has 0 saturated heterocycles. The molecule has 0 aliphatic rings. The van der Waals surface area contributed by atoms with Crippen LogP contribution in [0.5, 0.6) is 0 Å². The van der Waals surface area contributed by atoms with Crippen LogP contribution in [0.1, 0.15) is 16.2 Å². The van der Waals surface area contributed by atoms with Crippen molar-refractivity contribution in [2.24, 2.45) is 0 Å². The summed E-state index contributed by atoms with van der Waals surface area (Å²) in [7, 11) is 0. The number of aromatic nitrogens is 1. The number of fused-ring (bicyclic) bond motifs is 1. The molecule has 5 nitrogen and oxygen atoms in total. The fraction of sp³-hybridized carbons (Fsp3) is 0.273. The Kier molecular flexibility index (Phi) is 3.43. The van der Waals surface area contributed by atoms with Gasteiger partial charge in [-0.3, -0.25) is 0 Å². The highest BCUT2D eigenvalue weighted by atomic mass is 19.4. The SMILES string of the molecule is O=C(O)c1cccc2oc(COCC(F)(F)F)nc12. The van der Waals surface area contributed by atoms with Crippen molar-refractivity contribution in [3.63, 3.8) is 0 Å². The molecule has 0 saturated carbocycles. The van der Waals surface area contributed by atoms with E-state index in [1.807, 2.05) is 0 Å². The number of para-hydroxylation sites is 1. The minimum atomic E-state index is -4.43. The average molecular weight is 275 g/mol. The highest BCUT2D eigenvalue weighted by Crippen LogP contribution is 2.21. The maximum atomic E-state index is 11.9. The molecule has 19 heavy (non-hydrogen) atoms. The minimum Gasteiger partial charge on any atom is -0.478 e. The summed E-state index contributed by atoms with van der Waals surface area (Å²) >= 11 is 0. The summed E-state index contributed by atoms with van der Waals surface area (Å²) in [5.41, 5.74) is 0.189. The van der Waals surface area contributed by atoms with Gasteiger partial charge < -0.3 is 14.3 Å². The molecule has 0 atom stereocenters. The van der Waals surface area contributed by atoms with Gasteiger partial charge in [-0.2, -0.15) is 13.2 Å². The molecular formula is C11H8F3NO4. The number of rotatable bonds is 4. The van der Waals surface area contributed by atoms with E-state index in [0.717, 1.165) is 0 Å². The molecule has 0 aliphatic carbocycles. The van der Waals surface area contributed by atoms with Gasteiger partial charge in [0, 0.05) is 0 Å². The van der Waals surface area contributed by atoms with Gasteiger partial charge in [0.15, 0.2) is 5.58 Å². The molecule has 1 aromatic heterocycles. The molecule has 1 heterocycles. The molecule has 1 aromatic carbocycles. The lowest BCUT2D eigenvalue weighted by molar-refractivity contribution is -0.177. The quantitative estimate of drug-likeness (QED) is 0.928. The van der Waals surface area contributed by atoms with Crippen molar-refractivity contribution in [1.82, 2.24) is 4.98 Å². The van der Waals surface area contributed by atoms with Crippen LogP contribution in [0.4, 0.5) is 13.2 Å². The van der Waals surface area contributed by atoms with Crippen molar-refractivity contribution in [3.8, 4) is 0 Å². The molecule has 102 valence electrons. The van der Waals surface area contributed by atoms with Crippen LogP contribution < -0.4 is 0 Å². The molecule has 0 fully saturated rings. The molecule has 2 aromatic rings. The zero-order valence-electron chi connectivity index (χ0n) is 9.40. The lowest BCUT2D eigenvalue weighted by Crippen LogP contribution is -2.16. The number of carboxylic acid groups (broad SMARTS) is 1. The summed E-state index contributed by atoms with van der Waals surface area (Å²) in [6.07, 6.45) is -4.43. The summed E-state index contributed by atoms with van der Waals surface area (Å²) in [5.74, 6) is -1.30. The minimum absolute atomic E-state index is 0.0803. The molecule has 8 heteroatoms. The standard InChI is InChI=1S/C11H8F3NO4/c12-11(13,14)5-18-4-8-15-9-6(10(16)17)2-1-3-7(9)19-8/h1-3H,4-5H2,(H,16,17). The third kappa shape index (κ3) is 3.22. The topological polar surface area (TPSA) is 72.6 Å². The van der Waals surface area contributed by atoms with Crippen LogP contribution in [0, 0.1) is 0 Å². The second kappa shape index (κ2) is 4.88. The van der Waals surface area contributed by atoms with Gasteiger partial charge in [-0.05, 0) is 12.1 Å². The maximum absolute atomic E-state index is 11.9. The predicted octanol–water partition coefficient (Wildman–Crippen LogP) is 2.60. The lowest BCUT2D eigenvalue weighted by atomic mass is 10.2. The molecule has 1 N–H and O–H groups in total. The summed E-state index contributed by atoms with van der Waals surface area (Å²) in [6, 6.07) is 4.26. The lowest BCUT2D eigenvalue weighted by Gasteiger charge is -2.04. The van der Waals surface area contributed by atoms with Gasteiger partial charge in [-0.15, -0.1) is 0 Å². The van der Waals surface area contributed by atoms with Crippen molar-refractivity contribution >= 4 is 17.1 Å². The highest BCUT2D eigenvalue weighted by Gasteiger charge is 2.27. The van der Waals surface area contributed by atoms with Crippen molar-refractivity contribution in [3.05, 3.63) is 29.7 Å². The Morgan fingerprint density at radius 2 is 2.16 bits per heavy atom. The second-order valence-electron chi connectivity index (χ2n) is 3.67. The normalized spacial score (nSPS) is 11.9. The van der Waals surface area contributed by atoms with Gasteiger partial charge in [0.25, 0.3) is 0 Å². The fourth-order valence-electron chi connectivity index (χ4n) is 1.48. The van der Waals surface area contributed by atoms with Gasteiger partial charge in [0.1, 0.15) is 18.7 Å². The van der Waals surface area contributed by atoms with Crippen LogP contribution in [0.3, 0.4) is 0 Å². The van der Waals surface area contributed by atoms with Crippen LogP contribution in [-0.4, -0.2) is 28.8 Å². The van der Waals surface area contributed by atoms with E-state index in [2.05, 4.69) is 9.72 Å². The highest BCUT2D eigenvalue weighted by molar-refractivity contribution is 6.00. The number of carbonyl (C=O) groups is 1. The Labute approximate surface area is 104 Å². The molecule has 0 radical (unpaired) electrons. The molecule has 0 unspecified atom stereocenters. The van der Waals surface area contributed by atoms with E-state index in [-0.39, 0.29) is 22.6 Å². The Morgan fingerprint density at radius 3 is 2.79 bits per heavy atom. The van der Waals surface area contributed by atoms with E-state index in [1.54, 1.807) is 0 Å². The summed E-state index contributed by atoms with van der Waals surface area (Å²) in [4.78, 5) is 14.7. The van der Waals surface area contributed by atoms with Crippen LogP contribution >= 0.6 is 0 Å². The van der Waals surface area contributed by atoms with Gasteiger partial charge >= 0.3 is 12.1 Å². The number of alkyl halides is 3. The Hall–Kier alpha value is -2.09. The Balaban J connectivity index is 2.18. The molecule has 0 aliphatic heterocycles. The Bertz CT molecular complexity index is 605. The molecule has 0 amide bonds. The maximum Gasteiger partial charge on any atom is 0.411 e. The van der Waals surface area contributed by atoms with Crippen LogP contribution in [0.15, 0.2) is 22.6 Å². The van der Waals surface area contributed by atoms with Crippen LogP contribution in [-0.2, 0) is 11.3 Å². The molecule has 2 rings (SSSR count). The van der Waals surface area contributed by atoms with Crippen molar-refractivity contribution in [2.45, 2.75) is 12.8 Å². The number of carboxylic acids is 1. The van der Waals surface area contributed by atoms with Crippen LogP contribution in [0.25, 0.3) is 11.1 Å². The van der Waals surface area contributed by atoms with Crippen molar-refractivity contribution in [2.75, 3.05) is 6.61 Å². The summed E-state index contributed by atoms with van der Waals surface area (Å²) in [6.45, 7) is -1.90. The monoisotopic (exact) mass is 275 g/mol. The van der Waals surface area contributed by atoms with Gasteiger partial charge in [-0.25, -0.2) is 9.78 Å². The van der Waals surface area contributed by atoms with Gasteiger partial charge in [-0.1, -0.05) is 6.07 Å². The summed E-state index contributed by atoms with van der Waals surface area (Å²) < 4.78 is 45.1. The smallest absolute Gasteiger partial charge is 0.411 e. The first kappa shape index (κ1) is 13.3. The number of halogens is 3. The number of hydrogen-bond acceptors (Lipinski definition) is 4. The number of aromatic carboxylic acids is 1. The first-order valence-corrected chi connectivity index (χ1v) is 5.13. The van der Waals surface area contributed by atoms with E-state index >= 15 is 0 Å². The van der Waals surface area contributed by atoms with Crippen molar-refractivity contribution < 1.29 is 32.2 Å². The zero-order valence-corrected chi connectivity index (χ0v) is 9.40. The van der Waals surface area contributed by atoms with Gasteiger partial charge in [0.05, 0.1) is 5.56 Å². The molecule has 0 spiro atoms. The van der Waals surface area contributed by atoms with E-state index in [9.17, 15) is 18.0 Å². The zero-order chi connectivity index (χ0) is 14.0. The number of benzene rings is 1. The first-order valence-electron chi connectivity index (χ1n) is 5.13. The van der Waals surface area contributed by atoms with E-state index in [1.165, 1.54) is 18.2 Å². The fourth-order valence-corrected chi connectivity index (χ4v) is 1.48. The Morgan fingerprint density at radius 1 is 1.42 bits per heavy atom. The molecular weight excluding hydrogens is 267 g/mol. The largest absolute Gasteiger partial charge is 0.478 e. The third-order valence-corrected chi connectivity index (χ3v) is 2.18. The number of ether oxygens (including phenoxy) is 1. The third-order valence-electron chi connectivity index (χ3n) is 2.18. The van der Waals surface area contributed by atoms with E-state index in [4.69, 9.17) is 9.52 Å². The average Bonchev–Trinajstić information content (AvgIpc) is 2.68. The second-order valence-corrected chi connectivity index (χ2v) is 3.67. The summed E-state index contributed by atoms with van der Waals surface area (Å²) in [5, 5.41) is 8.91. The predicted molar refractivity (Wildman–Crippen MR) is 56.7 cm³/mol. The molecule has 0 bridgehead atoms. The van der Waals surface area contributed by atoms with Crippen LogP contribution in [0.2, 0.25) is 0 Å². The number of nitrogens with zero attached hydrogens (tertiary/aromatic N) is 1. The first-order chi connectivity index (χ1) is 8.87. The van der Waals surface area contributed by atoms with E-state index in [0.29, 0.717) is 0 Å². The van der Waals surface area contributed by atoms with Crippen molar-refractivity contribution in [1.29, 1.82) is 0 Å².